The highest BCUT2D eigenvalue weighted by Crippen LogP contribution is 2.04. The summed E-state index contributed by atoms with van der Waals surface area (Å²) in [5.41, 5.74) is 0. The second-order valence-electron chi connectivity index (χ2n) is 2.87. The van der Waals surface area contributed by atoms with E-state index in [0.29, 0.717) is 0 Å². The van der Waals surface area contributed by atoms with Crippen LogP contribution in [-0.4, -0.2) is 8.42 Å². The zero-order valence-corrected chi connectivity index (χ0v) is 9.32. The Morgan fingerprint density at radius 1 is 1.14 bits per heavy atom. The van der Waals surface area contributed by atoms with Crippen LogP contribution in [0.3, 0.4) is 0 Å². The number of hydrogen-bond acceptors (Lipinski definition) is 2. The van der Waals surface area contributed by atoms with Crippen molar-refractivity contribution in [3.63, 3.8) is 0 Å². The fourth-order valence-electron chi connectivity index (χ4n) is 0.892. The Balaban J connectivity index is 0. The van der Waals surface area contributed by atoms with Gasteiger partial charge in [-0.15, -0.1) is 6.58 Å². The SMILES string of the molecule is C=CCCCCCCC.O=S(=O)(F)F. The molecule has 0 saturated carbocycles. The van der Waals surface area contributed by atoms with Gasteiger partial charge in [0.25, 0.3) is 0 Å². The van der Waals surface area contributed by atoms with Crippen LogP contribution in [0.4, 0.5) is 7.77 Å². The predicted molar refractivity (Wildman–Crippen MR) is 54.7 cm³/mol. The minimum Gasteiger partial charge on any atom is -0.160 e. The van der Waals surface area contributed by atoms with E-state index >= 15 is 0 Å². The van der Waals surface area contributed by atoms with E-state index in [2.05, 4.69) is 13.5 Å². The highest BCUT2D eigenvalue weighted by molar-refractivity contribution is 7.81. The van der Waals surface area contributed by atoms with E-state index in [-0.39, 0.29) is 0 Å². The van der Waals surface area contributed by atoms with E-state index < -0.39 is 10.6 Å². The van der Waals surface area contributed by atoms with Gasteiger partial charge in [-0.1, -0.05) is 46.5 Å². The number of halogens is 2. The lowest BCUT2D eigenvalue weighted by Gasteiger charge is -1.94. The lowest BCUT2D eigenvalue weighted by Crippen LogP contribution is -1.74. The second-order valence-corrected chi connectivity index (χ2v) is 3.63. The van der Waals surface area contributed by atoms with Crippen molar-refractivity contribution in [3.05, 3.63) is 12.7 Å². The van der Waals surface area contributed by atoms with Crippen molar-refractivity contribution >= 4 is 10.6 Å². The molecule has 5 heteroatoms. The van der Waals surface area contributed by atoms with Crippen molar-refractivity contribution in [2.24, 2.45) is 0 Å². The second kappa shape index (κ2) is 10.6. The normalized spacial score (nSPS) is 10.2. The van der Waals surface area contributed by atoms with Crippen molar-refractivity contribution < 1.29 is 16.2 Å². The predicted octanol–water partition coefficient (Wildman–Crippen LogP) is 3.70. The van der Waals surface area contributed by atoms with E-state index in [1.54, 1.807) is 0 Å². The molecule has 0 amide bonds. The number of unbranched alkanes of at least 4 members (excludes halogenated alkanes) is 5. The van der Waals surface area contributed by atoms with Gasteiger partial charge in [-0.2, -0.15) is 8.42 Å². The first-order valence-corrected chi connectivity index (χ1v) is 5.95. The molecule has 0 aromatic carbocycles. The molecule has 2 nitrogen and oxygen atoms in total. The zero-order valence-electron chi connectivity index (χ0n) is 8.51. The Kier molecular flexibility index (Phi) is 12.1. The summed E-state index contributed by atoms with van der Waals surface area (Å²) in [6.45, 7) is 5.92. The number of hydrogen-bond donors (Lipinski definition) is 0. The van der Waals surface area contributed by atoms with Crippen molar-refractivity contribution in [1.29, 1.82) is 0 Å². The third-order valence-electron chi connectivity index (χ3n) is 1.51. The van der Waals surface area contributed by atoms with Crippen LogP contribution in [0.2, 0.25) is 0 Å². The molecule has 14 heavy (non-hydrogen) atoms. The highest BCUT2D eigenvalue weighted by atomic mass is 32.3. The van der Waals surface area contributed by atoms with Crippen molar-refractivity contribution in [2.75, 3.05) is 0 Å². The van der Waals surface area contributed by atoms with Crippen LogP contribution < -0.4 is 0 Å². The van der Waals surface area contributed by atoms with E-state index in [1.165, 1.54) is 38.5 Å². The van der Waals surface area contributed by atoms with Gasteiger partial charge in [-0.25, -0.2) is 0 Å². The largest absolute Gasteiger partial charge is 0.476 e. The van der Waals surface area contributed by atoms with Crippen LogP contribution in [0.15, 0.2) is 12.7 Å². The third kappa shape index (κ3) is 41.7. The molecule has 0 atom stereocenters. The van der Waals surface area contributed by atoms with Gasteiger partial charge in [0.05, 0.1) is 0 Å². The summed E-state index contributed by atoms with van der Waals surface area (Å²) in [5, 5.41) is 0. The Morgan fingerprint density at radius 3 is 1.93 bits per heavy atom. The van der Waals surface area contributed by atoms with Gasteiger partial charge in [0.15, 0.2) is 0 Å². The molecule has 0 unspecified atom stereocenters. The molecule has 0 aromatic rings. The molecule has 0 saturated heterocycles. The van der Waals surface area contributed by atoms with Crippen LogP contribution in [0, 0.1) is 0 Å². The van der Waals surface area contributed by atoms with Gasteiger partial charge in [-0.3, -0.25) is 0 Å². The molecule has 0 bridgehead atoms. The minimum atomic E-state index is -5.67. The van der Waals surface area contributed by atoms with Gasteiger partial charge >= 0.3 is 10.6 Å². The molecule has 0 aliphatic rings. The maximum absolute atomic E-state index is 9.99. The molecule has 0 heterocycles. The van der Waals surface area contributed by atoms with E-state index in [9.17, 15) is 7.77 Å². The van der Waals surface area contributed by atoms with Crippen LogP contribution >= 0.6 is 0 Å². The van der Waals surface area contributed by atoms with Gasteiger partial charge in [0.1, 0.15) is 0 Å². The fourth-order valence-corrected chi connectivity index (χ4v) is 0.892. The smallest absolute Gasteiger partial charge is 0.160 e. The third-order valence-corrected chi connectivity index (χ3v) is 1.51. The van der Waals surface area contributed by atoms with Gasteiger partial charge in [-0.05, 0) is 12.8 Å². The van der Waals surface area contributed by atoms with Crippen molar-refractivity contribution in [2.45, 2.75) is 45.4 Å². The molecule has 0 radical (unpaired) electrons. The Hall–Kier alpha value is -0.450. The van der Waals surface area contributed by atoms with Crippen LogP contribution in [0.5, 0.6) is 0 Å². The Labute approximate surface area is 85.5 Å². The van der Waals surface area contributed by atoms with Gasteiger partial charge in [0.2, 0.25) is 0 Å². The van der Waals surface area contributed by atoms with Crippen LogP contribution in [0.25, 0.3) is 0 Å². The average molecular weight is 228 g/mol. The molecular weight excluding hydrogens is 210 g/mol. The summed E-state index contributed by atoms with van der Waals surface area (Å²) in [7, 11) is -5.67. The maximum Gasteiger partial charge on any atom is 0.476 e. The zero-order chi connectivity index (χ0) is 11.4. The van der Waals surface area contributed by atoms with Crippen molar-refractivity contribution in [1.82, 2.24) is 0 Å². The molecule has 0 aromatic heterocycles. The summed E-state index contributed by atoms with van der Waals surface area (Å²) < 4.78 is 36.6. The van der Waals surface area contributed by atoms with Gasteiger partial charge < -0.3 is 0 Å². The van der Waals surface area contributed by atoms with E-state index in [4.69, 9.17) is 8.42 Å². The fraction of sp³-hybridized carbons (Fsp3) is 0.778. The first-order chi connectivity index (χ1) is 6.41. The van der Waals surface area contributed by atoms with Gasteiger partial charge in [0, 0.05) is 0 Å². The summed E-state index contributed by atoms with van der Waals surface area (Å²) in [6.07, 6.45) is 10.1. The van der Waals surface area contributed by atoms with E-state index in [1.807, 2.05) is 6.08 Å². The monoisotopic (exact) mass is 228 g/mol. The first-order valence-electron chi connectivity index (χ1n) is 4.67. The molecule has 0 rings (SSSR count). The topological polar surface area (TPSA) is 34.1 Å². The molecule has 0 aliphatic heterocycles. The number of allylic oxidation sites excluding steroid dienone is 1. The molecule has 0 spiro atoms. The maximum atomic E-state index is 9.99. The molecule has 0 fully saturated rings. The minimum absolute atomic E-state index is 1.20. The summed E-state index contributed by atoms with van der Waals surface area (Å²) in [5.74, 6) is 0. The lowest BCUT2D eigenvalue weighted by molar-refractivity contribution is 0.501. The average Bonchev–Trinajstić information content (AvgIpc) is 2.01. The Bertz CT molecular complexity index is 205. The number of rotatable bonds is 6. The summed E-state index contributed by atoms with van der Waals surface area (Å²) in [4.78, 5) is 0. The molecular formula is C9H18F2O2S. The van der Waals surface area contributed by atoms with E-state index in [0.717, 1.165) is 0 Å². The van der Waals surface area contributed by atoms with Crippen LogP contribution in [0.1, 0.15) is 45.4 Å². The Morgan fingerprint density at radius 2 is 1.57 bits per heavy atom. The lowest BCUT2D eigenvalue weighted by atomic mass is 10.1. The summed E-state index contributed by atoms with van der Waals surface area (Å²) >= 11 is 0. The van der Waals surface area contributed by atoms with Crippen LogP contribution in [-0.2, 0) is 10.6 Å². The molecule has 86 valence electrons. The molecule has 0 aliphatic carbocycles. The highest BCUT2D eigenvalue weighted by Gasteiger charge is 1.94. The standard InChI is InChI=1S/C9H18.F2O2S/c1-3-5-7-9-8-6-4-2;1-5(2,3)4/h3H,1,4-9H2,2H3;. The quantitative estimate of drug-likeness (QED) is 0.394. The van der Waals surface area contributed by atoms with Crippen molar-refractivity contribution in [3.8, 4) is 0 Å². The molecule has 0 N–H and O–H groups in total. The first kappa shape index (κ1) is 16.0. The summed E-state index contributed by atoms with van der Waals surface area (Å²) in [6, 6.07) is 0.